The molecule has 114 valence electrons. The predicted octanol–water partition coefficient (Wildman–Crippen LogP) is 7.04. The first-order valence-corrected chi connectivity index (χ1v) is 7.14. The summed E-state index contributed by atoms with van der Waals surface area (Å²) >= 11 is 0. The molecule has 0 fully saturated rings. The van der Waals surface area contributed by atoms with E-state index in [1.54, 1.807) is 0 Å². The van der Waals surface area contributed by atoms with Gasteiger partial charge in [0.05, 0.1) is 0 Å². The average Bonchev–Trinajstić information content (AvgIpc) is 2.00. The van der Waals surface area contributed by atoms with Crippen LogP contribution in [0.4, 0.5) is 0 Å². The Morgan fingerprint density at radius 1 is 0.556 bits per heavy atom. The first-order chi connectivity index (χ1) is 7.14. The summed E-state index contributed by atoms with van der Waals surface area (Å²) < 4.78 is 0. The Morgan fingerprint density at radius 3 is 0.778 bits per heavy atom. The zero-order valence-corrected chi connectivity index (χ0v) is 14.7. The molecule has 0 rings (SSSR count). The minimum Gasteiger partial charge on any atom is -0.0776 e. The van der Waals surface area contributed by atoms with Crippen molar-refractivity contribution in [3.63, 3.8) is 0 Å². The van der Waals surface area contributed by atoms with Gasteiger partial charge in [-0.25, -0.2) is 0 Å². The molecule has 18 heavy (non-hydrogen) atoms. The Morgan fingerprint density at radius 2 is 0.778 bits per heavy atom. The van der Waals surface area contributed by atoms with Crippen molar-refractivity contribution < 1.29 is 0 Å². The van der Waals surface area contributed by atoms with Gasteiger partial charge in [-0.3, -0.25) is 0 Å². The monoisotopic (exact) mass is 258 g/mol. The standard InChI is InChI=1S/C10H22.C7H16.CH4/c1-8(2)10(6,7)9(3,4)5;1-6(2)7(3,4)5;/h8H,1-7H3;6H,1-5H3;1H4. The maximum atomic E-state index is 2.34. The summed E-state index contributed by atoms with van der Waals surface area (Å²) in [5, 5.41) is 0. The molecule has 0 aliphatic heterocycles. The van der Waals surface area contributed by atoms with E-state index in [1.165, 1.54) is 0 Å². The Balaban J connectivity index is -0.000000251. The van der Waals surface area contributed by atoms with Gasteiger partial charge < -0.3 is 0 Å². The number of hydrogen-bond donors (Lipinski definition) is 0. The van der Waals surface area contributed by atoms with Crippen LogP contribution in [-0.2, 0) is 0 Å². The highest BCUT2D eigenvalue weighted by Gasteiger charge is 2.35. The van der Waals surface area contributed by atoms with Crippen LogP contribution >= 0.6 is 0 Å². The highest BCUT2D eigenvalue weighted by Crippen LogP contribution is 2.43. The van der Waals surface area contributed by atoms with Gasteiger partial charge in [0.15, 0.2) is 0 Å². The molecule has 0 nitrogen and oxygen atoms in total. The van der Waals surface area contributed by atoms with Gasteiger partial charge in [0.1, 0.15) is 0 Å². The lowest BCUT2D eigenvalue weighted by Crippen LogP contribution is -2.34. The van der Waals surface area contributed by atoms with Crippen LogP contribution in [0.25, 0.3) is 0 Å². The molecule has 0 aromatic rings. The van der Waals surface area contributed by atoms with Crippen molar-refractivity contribution in [2.75, 3.05) is 0 Å². The van der Waals surface area contributed by atoms with Gasteiger partial charge in [-0.2, -0.15) is 0 Å². The highest BCUT2D eigenvalue weighted by molar-refractivity contribution is 4.84. The van der Waals surface area contributed by atoms with Gasteiger partial charge >= 0.3 is 0 Å². The smallest absolute Gasteiger partial charge is 0.0283 e. The summed E-state index contributed by atoms with van der Waals surface area (Å²) in [6.07, 6.45) is 0. The lowest BCUT2D eigenvalue weighted by molar-refractivity contribution is 0.0737. The molecule has 0 aliphatic carbocycles. The fourth-order valence-corrected chi connectivity index (χ4v) is 0.866. The topological polar surface area (TPSA) is 0 Å². The molecule has 0 aromatic heterocycles. The second-order valence-corrected chi connectivity index (χ2v) is 8.65. The fourth-order valence-electron chi connectivity index (χ4n) is 0.866. The minimum absolute atomic E-state index is 0. The predicted molar refractivity (Wildman–Crippen MR) is 89.1 cm³/mol. The van der Waals surface area contributed by atoms with Gasteiger partial charge in [0, 0.05) is 0 Å². The molecule has 0 saturated heterocycles. The van der Waals surface area contributed by atoms with Crippen molar-refractivity contribution in [2.24, 2.45) is 28.1 Å². The SMILES string of the molecule is C.CC(C)C(C)(C)C.CC(C)C(C)(C)C(C)(C)C. The van der Waals surface area contributed by atoms with Gasteiger partial charge in [-0.1, -0.05) is 90.5 Å². The third-order valence-corrected chi connectivity index (χ3v) is 5.11. The van der Waals surface area contributed by atoms with Gasteiger partial charge in [0.2, 0.25) is 0 Å². The van der Waals surface area contributed by atoms with E-state index >= 15 is 0 Å². The Kier molecular flexibility index (Phi) is 9.70. The molecule has 0 heterocycles. The molecule has 0 saturated carbocycles. The molecule has 0 aromatic carbocycles. The number of hydrogen-bond acceptors (Lipinski definition) is 0. The van der Waals surface area contributed by atoms with Crippen LogP contribution in [-0.4, -0.2) is 0 Å². The van der Waals surface area contributed by atoms with Crippen molar-refractivity contribution in [1.82, 2.24) is 0 Å². The maximum Gasteiger partial charge on any atom is -0.0283 e. The van der Waals surface area contributed by atoms with Crippen molar-refractivity contribution in [1.29, 1.82) is 0 Å². The fraction of sp³-hybridized carbons (Fsp3) is 1.00. The lowest BCUT2D eigenvalue weighted by atomic mass is 9.63. The van der Waals surface area contributed by atoms with Crippen molar-refractivity contribution in [2.45, 2.75) is 90.5 Å². The molecule has 0 spiro atoms. The molecular weight excluding hydrogens is 216 g/mol. The first kappa shape index (κ1) is 23.1. The molecular formula is C18H42. The van der Waals surface area contributed by atoms with Crippen LogP contribution in [0, 0.1) is 28.1 Å². The van der Waals surface area contributed by atoms with Gasteiger partial charge in [0.25, 0.3) is 0 Å². The van der Waals surface area contributed by atoms with E-state index < -0.39 is 0 Å². The largest absolute Gasteiger partial charge is 0.0776 e. The second kappa shape index (κ2) is 7.56. The van der Waals surface area contributed by atoms with Crippen LogP contribution in [0.3, 0.4) is 0 Å². The molecule has 0 amide bonds. The van der Waals surface area contributed by atoms with Crippen molar-refractivity contribution in [3.05, 3.63) is 0 Å². The molecule has 0 bridgehead atoms. The number of rotatable bonds is 1. The summed E-state index contributed by atoms with van der Waals surface area (Å²) in [6, 6.07) is 0. The van der Waals surface area contributed by atoms with E-state index in [9.17, 15) is 0 Å². The Hall–Kier alpha value is 0. The molecule has 0 heteroatoms. The van der Waals surface area contributed by atoms with Crippen LogP contribution in [0.15, 0.2) is 0 Å². The molecule has 0 unspecified atom stereocenters. The first-order valence-electron chi connectivity index (χ1n) is 7.14. The molecule has 0 atom stereocenters. The summed E-state index contributed by atoms with van der Waals surface area (Å²) in [5.74, 6) is 1.56. The van der Waals surface area contributed by atoms with E-state index in [0.29, 0.717) is 16.2 Å². The van der Waals surface area contributed by atoms with Crippen LogP contribution in [0.1, 0.15) is 90.5 Å². The van der Waals surface area contributed by atoms with Crippen LogP contribution in [0.2, 0.25) is 0 Å². The lowest BCUT2D eigenvalue weighted by Gasteiger charge is -2.42. The zero-order chi connectivity index (χ0) is 14.7. The summed E-state index contributed by atoms with van der Waals surface area (Å²) in [7, 11) is 0. The van der Waals surface area contributed by atoms with Gasteiger partial charge in [-0.15, -0.1) is 0 Å². The normalized spacial score (nSPS) is 13.0. The maximum absolute atomic E-state index is 2.34. The molecule has 0 N–H and O–H groups in total. The summed E-state index contributed by atoms with van der Waals surface area (Å²) in [6.45, 7) is 27.5. The van der Waals surface area contributed by atoms with E-state index in [1.807, 2.05) is 0 Å². The zero-order valence-electron chi connectivity index (χ0n) is 14.7. The van der Waals surface area contributed by atoms with Gasteiger partial charge in [-0.05, 0) is 28.1 Å². The molecule has 0 radical (unpaired) electrons. The Labute approximate surface area is 119 Å². The third-order valence-electron chi connectivity index (χ3n) is 5.11. The van der Waals surface area contributed by atoms with E-state index in [4.69, 9.17) is 0 Å². The van der Waals surface area contributed by atoms with E-state index in [-0.39, 0.29) is 7.43 Å². The Bertz CT molecular complexity index is 193. The molecule has 0 aliphatic rings. The van der Waals surface area contributed by atoms with Crippen molar-refractivity contribution in [3.8, 4) is 0 Å². The minimum atomic E-state index is 0. The van der Waals surface area contributed by atoms with Crippen molar-refractivity contribution >= 4 is 0 Å². The van der Waals surface area contributed by atoms with Crippen LogP contribution < -0.4 is 0 Å². The third kappa shape index (κ3) is 8.16. The van der Waals surface area contributed by atoms with E-state index in [2.05, 4.69) is 83.1 Å². The summed E-state index contributed by atoms with van der Waals surface area (Å²) in [4.78, 5) is 0. The highest BCUT2D eigenvalue weighted by atomic mass is 14.4. The quantitative estimate of drug-likeness (QED) is 0.473. The second-order valence-electron chi connectivity index (χ2n) is 8.65. The van der Waals surface area contributed by atoms with E-state index in [0.717, 1.165) is 11.8 Å². The van der Waals surface area contributed by atoms with Crippen LogP contribution in [0.5, 0.6) is 0 Å². The average molecular weight is 259 g/mol. The summed E-state index contributed by atoms with van der Waals surface area (Å²) in [5.41, 5.74) is 1.36.